The zero-order chi connectivity index (χ0) is 33.5. The third-order valence-corrected chi connectivity index (χ3v) is 11.2. The second kappa shape index (κ2) is 11.7. The van der Waals surface area contributed by atoms with E-state index in [1.807, 2.05) is 0 Å². The number of morpholine rings is 1. The van der Waals surface area contributed by atoms with Gasteiger partial charge in [-0.1, -0.05) is 18.2 Å². The summed E-state index contributed by atoms with van der Waals surface area (Å²) in [7, 11) is 0. The minimum atomic E-state index is -4.97. The van der Waals surface area contributed by atoms with Crippen LogP contribution in [0.3, 0.4) is 0 Å². The summed E-state index contributed by atoms with van der Waals surface area (Å²) < 4.78 is 81.8. The first-order chi connectivity index (χ1) is 22.3. The van der Waals surface area contributed by atoms with Crippen LogP contribution in [-0.4, -0.2) is 88.0 Å². The Labute approximate surface area is 276 Å². The maximum atomic E-state index is 15.4. The molecule has 8 nitrogen and oxygen atoms in total. The summed E-state index contributed by atoms with van der Waals surface area (Å²) in [6, 6.07) is 1.18. The van der Waals surface area contributed by atoms with Crippen molar-refractivity contribution >= 4 is 46.0 Å². The van der Waals surface area contributed by atoms with Crippen LogP contribution in [0.2, 0.25) is 5.02 Å². The standard InChI is InChI=1S/C32H31ClF5N5O3S/c1-4-26(44)41-9-16(3)42(10-15(41)2)30-21-6-22(32(36,37)38)27(20-7-23(33)25(35)8-24(20)34)29-28(21)43(31(45)39-30)18(14-47-29)11-40-12-19-5-17(40)13-46-19/h4,6-8,15-19H,1,5,9-14H2,2-3H3/t15-,16+,17+,18+,19+/m1/s1. The van der Waals surface area contributed by atoms with Crippen LogP contribution < -0.4 is 10.6 Å². The van der Waals surface area contributed by atoms with Crippen LogP contribution in [0.15, 0.2) is 40.5 Å². The van der Waals surface area contributed by atoms with Crippen molar-refractivity contribution in [3.63, 3.8) is 0 Å². The SMILES string of the molecule is C=CC(=O)N1C[C@H](C)N(c2nc(=O)n3c4c(c(-c5cc(Cl)c(F)cc5F)c(C(F)(F)F)cc24)SC[C@@H]3CN2C[C@@H]3C[C@H]2CO3)C[C@H]1C. The van der Waals surface area contributed by atoms with Crippen molar-refractivity contribution in [1.82, 2.24) is 19.4 Å². The van der Waals surface area contributed by atoms with E-state index in [1.165, 1.54) is 10.6 Å². The first-order valence-corrected chi connectivity index (χ1v) is 16.7. The number of anilines is 1. The predicted octanol–water partition coefficient (Wildman–Crippen LogP) is 5.75. The van der Waals surface area contributed by atoms with E-state index in [-0.39, 0.29) is 64.6 Å². The fourth-order valence-corrected chi connectivity index (χ4v) is 8.96. The predicted molar refractivity (Wildman–Crippen MR) is 169 cm³/mol. The maximum Gasteiger partial charge on any atom is 0.417 e. The number of hydrogen-bond acceptors (Lipinski definition) is 7. The molecule has 3 aromatic rings. The Balaban J connectivity index is 1.47. The van der Waals surface area contributed by atoms with Gasteiger partial charge in [-0.05, 0) is 38.5 Å². The van der Waals surface area contributed by atoms with Gasteiger partial charge in [0, 0.05) is 77.5 Å². The lowest BCUT2D eigenvalue weighted by Gasteiger charge is -2.45. The van der Waals surface area contributed by atoms with Gasteiger partial charge in [0.25, 0.3) is 0 Å². The van der Waals surface area contributed by atoms with Crippen molar-refractivity contribution in [1.29, 1.82) is 0 Å². The fraction of sp³-hybridized carbons (Fsp3) is 0.469. The number of rotatable bonds is 5. The second-order valence-electron chi connectivity index (χ2n) is 12.7. The molecular formula is C32H31ClF5N5O3S. The molecule has 47 heavy (non-hydrogen) atoms. The Hall–Kier alpha value is -3.20. The number of amides is 1. The zero-order valence-corrected chi connectivity index (χ0v) is 27.1. The van der Waals surface area contributed by atoms with Crippen LogP contribution in [0.1, 0.15) is 31.9 Å². The number of benzene rings is 2. The summed E-state index contributed by atoms with van der Waals surface area (Å²) in [6.45, 7) is 9.30. The summed E-state index contributed by atoms with van der Waals surface area (Å²) in [6.07, 6.45) is -2.79. The Morgan fingerprint density at radius 1 is 1.15 bits per heavy atom. The smallest absolute Gasteiger partial charge is 0.375 e. The average Bonchev–Trinajstić information content (AvgIpc) is 3.64. The van der Waals surface area contributed by atoms with Gasteiger partial charge in [0.2, 0.25) is 5.91 Å². The number of thioether (sulfide) groups is 1. The van der Waals surface area contributed by atoms with E-state index in [0.29, 0.717) is 25.8 Å². The molecule has 250 valence electrons. The van der Waals surface area contributed by atoms with E-state index in [1.54, 1.807) is 23.6 Å². The van der Waals surface area contributed by atoms with E-state index < -0.39 is 57.3 Å². The first-order valence-electron chi connectivity index (χ1n) is 15.3. The van der Waals surface area contributed by atoms with Crippen LogP contribution in [0.25, 0.3) is 22.0 Å². The number of carbonyl (C=O) groups excluding carboxylic acids is 1. The summed E-state index contributed by atoms with van der Waals surface area (Å²) in [4.78, 5) is 36.7. The van der Waals surface area contributed by atoms with Crippen LogP contribution in [-0.2, 0) is 15.7 Å². The normalized spacial score (nSPS) is 26.0. The van der Waals surface area contributed by atoms with Crippen molar-refractivity contribution in [2.45, 2.75) is 61.6 Å². The van der Waals surface area contributed by atoms with E-state index in [9.17, 15) is 27.2 Å². The minimum Gasteiger partial charge on any atom is -0.375 e. The van der Waals surface area contributed by atoms with Gasteiger partial charge in [0.15, 0.2) is 0 Å². The molecule has 0 spiro atoms. The molecule has 0 aliphatic carbocycles. The van der Waals surface area contributed by atoms with Crippen LogP contribution in [0.4, 0.5) is 27.8 Å². The zero-order valence-electron chi connectivity index (χ0n) is 25.5. The third kappa shape index (κ3) is 5.41. The number of piperazine rings is 1. The van der Waals surface area contributed by atoms with E-state index in [2.05, 4.69) is 16.5 Å². The number of likely N-dealkylation sites (tertiary alicyclic amines) is 1. The van der Waals surface area contributed by atoms with Gasteiger partial charge < -0.3 is 14.5 Å². The minimum absolute atomic E-state index is 0.0425. The lowest BCUT2D eigenvalue weighted by molar-refractivity contribution is -0.137. The van der Waals surface area contributed by atoms with Gasteiger partial charge in [-0.25, -0.2) is 13.6 Å². The van der Waals surface area contributed by atoms with Gasteiger partial charge in [0.05, 0.1) is 34.9 Å². The van der Waals surface area contributed by atoms with Gasteiger partial charge in [-0.2, -0.15) is 18.2 Å². The van der Waals surface area contributed by atoms with E-state index in [4.69, 9.17) is 16.3 Å². The Kier molecular flexibility index (Phi) is 8.08. The number of fused-ring (bicyclic) bond motifs is 2. The highest BCUT2D eigenvalue weighted by Crippen LogP contribution is 2.51. The average molecular weight is 696 g/mol. The Morgan fingerprint density at radius 3 is 2.57 bits per heavy atom. The molecule has 0 saturated carbocycles. The van der Waals surface area contributed by atoms with E-state index >= 15 is 4.39 Å². The van der Waals surface area contributed by atoms with Crippen molar-refractivity contribution in [3.8, 4) is 11.1 Å². The summed E-state index contributed by atoms with van der Waals surface area (Å²) in [5, 5.41) is -0.454. The molecule has 15 heteroatoms. The molecule has 0 unspecified atom stereocenters. The summed E-state index contributed by atoms with van der Waals surface area (Å²) in [5.74, 6) is -2.32. The molecule has 3 saturated heterocycles. The second-order valence-corrected chi connectivity index (χ2v) is 14.1. The highest BCUT2D eigenvalue weighted by Gasteiger charge is 2.44. The Bertz CT molecular complexity index is 1870. The third-order valence-electron chi connectivity index (χ3n) is 9.69. The molecule has 4 aliphatic heterocycles. The highest BCUT2D eigenvalue weighted by molar-refractivity contribution is 7.99. The van der Waals surface area contributed by atoms with Crippen molar-refractivity contribution < 1.29 is 31.5 Å². The van der Waals surface area contributed by atoms with Crippen molar-refractivity contribution in [2.75, 3.05) is 43.4 Å². The monoisotopic (exact) mass is 695 g/mol. The Morgan fingerprint density at radius 2 is 1.91 bits per heavy atom. The highest BCUT2D eigenvalue weighted by atomic mass is 35.5. The van der Waals surface area contributed by atoms with Gasteiger partial charge in [-0.15, -0.1) is 11.8 Å². The lowest BCUT2D eigenvalue weighted by Crippen LogP contribution is -2.58. The first kappa shape index (κ1) is 32.4. The molecule has 0 radical (unpaired) electrons. The quantitative estimate of drug-likeness (QED) is 0.192. The molecule has 2 aromatic carbocycles. The number of carbonyl (C=O) groups is 1. The topological polar surface area (TPSA) is 70.9 Å². The molecule has 1 aromatic heterocycles. The largest absolute Gasteiger partial charge is 0.417 e. The summed E-state index contributed by atoms with van der Waals surface area (Å²) in [5.41, 5.74) is -2.62. The van der Waals surface area contributed by atoms with Crippen molar-refractivity contribution in [2.24, 2.45) is 0 Å². The van der Waals surface area contributed by atoms with Gasteiger partial charge in [-0.3, -0.25) is 14.3 Å². The van der Waals surface area contributed by atoms with Crippen molar-refractivity contribution in [3.05, 3.63) is 63.6 Å². The van der Waals surface area contributed by atoms with E-state index in [0.717, 1.165) is 30.3 Å². The number of hydrogen-bond donors (Lipinski definition) is 0. The molecule has 4 aliphatic rings. The van der Waals surface area contributed by atoms with Crippen LogP contribution in [0, 0.1) is 11.6 Å². The number of aromatic nitrogens is 2. The maximum absolute atomic E-state index is 15.4. The molecular weight excluding hydrogens is 665 g/mol. The molecule has 7 rings (SSSR count). The number of halogens is 6. The summed E-state index contributed by atoms with van der Waals surface area (Å²) >= 11 is 7.09. The molecule has 3 fully saturated rings. The molecule has 0 N–H and O–H groups in total. The molecule has 5 atom stereocenters. The van der Waals surface area contributed by atoms with Gasteiger partial charge in [0.1, 0.15) is 17.5 Å². The number of ether oxygens (including phenoxy) is 1. The fourth-order valence-electron chi connectivity index (χ4n) is 7.47. The lowest BCUT2D eigenvalue weighted by atomic mass is 9.95. The van der Waals surface area contributed by atoms with Crippen LogP contribution >= 0.6 is 23.4 Å². The molecule has 5 heterocycles. The molecule has 2 bridgehead atoms. The number of nitrogens with zero attached hydrogens (tertiary/aromatic N) is 5. The van der Waals surface area contributed by atoms with Crippen LogP contribution in [0.5, 0.6) is 0 Å². The number of alkyl halides is 3. The van der Waals surface area contributed by atoms with Gasteiger partial charge >= 0.3 is 11.9 Å². The molecule has 1 amide bonds.